The number of hydrogen-bond acceptors (Lipinski definition) is 5. The Morgan fingerprint density at radius 1 is 1.37 bits per heavy atom. The molecule has 1 saturated heterocycles. The molecule has 0 aromatic rings. The Hall–Kier alpha value is -1.49. The number of carbonyl (C=O) groups is 2. The van der Waals surface area contributed by atoms with Gasteiger partial charge in [-0.2, -0.15) is 13.2 Å². The molecule has 0 saturated carbocycles. The van der Waals surface area contributed by atoms with E-state index < -0.39 is 43.0 Å². The van der Waals surface area contributed by atoms with Crippen molar-refractivity contribution >= 4 is 11.9 Å². The molecule has 1 rings (SSSR count). The van der Waals surface area contributed by atoms with Crippen LogP contribution in [0.3, 0.4) is 0 Å². The normalized spacial score (nSPS) is 21.9. The third-order valence-electron chi connectivity index (χ3n) is 1.85. The van der Waals surface area contributed by atoms with E-state index in [1.165, 1.54) is 0 Å². The van der Waals surface area contributed by atoms with Gasteiger partial charge in [-0.25, -0.2) is 19.0 Å². The second kappa shape index (κ2) is 6.61. The number of methoxy groups -OCH3 is 1. The van der Waals surface area contributed by atoms with Crippen LogP contribution in [-0.4, -0.2) is 48.8 Å². The average Bonchev–Trinajstić information content (AvgIpc) is 2.26. The maximum Gasteiger partial charge on any atom is 0.490 e. The van der Waals surface area contributed by atoms with Crippen molar-refractivity contribution < 1.29 is 41.4 Å². The predicted molar refractivity (Wildman–Crippen MR) is 50.2 cm³/mol. The number of esters is 1. The molecule has 112 valence electrons. The van der Waals surface area contributed by atoms with Crippen LogP contribution in [0, 0.1) is 0 Å². The van der Waals surface area contributed by atoms with E-state index in [4.69, 9.17) is 9.90 Å². The Labute approximate surface area is 103 Å². The zero-order valence-electron chi connectivity index (χ0n) is 9.55. The Balaban J connectivity index is 0.000000399. The lowest BCUT2D eigenvalue weighted by Gasteiger charge is -2.28. The molecule has 0 aromatic heterocycles. The number of nitrogens with one attached hydrogen (secondary N) is 2. The average molecular weight is 294 g/mol. The molecule has 6 nitrogen and oxygen atoms in total. The Morgan fingerprint density at radius 3 is 2.16 bits per heavy atom. The maximum absolute atomic E-state index is 12.6. The molecule has 0 aromatic carbocycles. The van der Waals surface area contributed by atoms with Crippen molar-refractivity contribution in [2.24, 2.45) is 0 Å². The highest BCUT2D eigenvalue weighted by molar-refractivity contribution is 5.75. The third kappa shape index (κ3) is 6.86. The molecule has 3 N–H and O–H groups in total. The second-order valence-corrected chi connectivity index (χ2v) is 3.44. The van der Waals surface area contributed by atoms with Gasteiger partial charge < -0.3 is 9.84 Å². The van der Waals surface area contributed by atoms with E-state index in [9.17, 15) is 26.7 Å². The van der Waals surface area contributed by atoms with Crippen molar-refractivity contribution in [3.63, 3.8) is 0 Å². The van der Waals surface area contributed by atoms with Gasteiger partial charge in [0.25, 0.3) is 5.92 Å². The first kappa shape index (κ1) is 17.5. The van der Waals surface area contributed by atoms with Crippen molar-refractivity contribution in [3.8, 4) is 0 Å². The molecule has 11 heteroatoms. The van der Waals surface area contributed by atoms with E-state index in [0.29, 0.717) is 0 Å². The molecular formula is C8H11F5N2O4. The molecule has 1 fully saturated rings. The molecule has 1 aliphatic rings. The lowest BCUT2D eigenvalue weighted by atomic mass is 10.1. The summed E-state index contributed by atoms with van der Waals surface area (Å²) in [6.07, 6.45) is -5.60. The van der Waals surface area contributed by atoms with Crippen LogP contribution in [0.4, 0.5) is 22.0 Å². The highest BCUT2D eigenvalue weighted by Crippen LogP contribution is 2.21. The van der Waals surface area contributed by atoms with E-state index in [1.54, 1.807) is 0 Å². The van der Waals surface area contributed by atoms with E-state index in [1.807, 2.05) is 0 Å². The van der Waals surface area contributed by atoms with Gasteiger partial charge in [0.2, 0.25) is 0 Å². The van der Waals surface area contributed by atoms with Crippen molar-refractivity contribution in [1.82, 2.24) is 10.9 Å². The zero-order valence-corrected chi connectivity index (χ0v) is 9.55. The van der Waals surface area contributed by atoms with Gasteiger partial charge >= 0.3 is 18.1 Å². The molecule has 19 heavy (non-hydrogen) atoms. The maximum atomic E-state index is 12.6. The standard InChI is InChI=1S/C6H10F2N2O2.C2HF3O2/c1-12-5(11)4-2-6(7,8)3-9-10-4;3-2(4,5)1(6)7/h4,9-10H,2-3H2,1H3;(H,6,7). The number of alkyl halides is 5. The topological polar surface area (TPSA) is 87.7 Å². The summed E-state index contributed by atoms with van der Waals surface area (Å²) in [5.41, 5.74) is 4.66. The van der Waals surface area contributed by atoms with E-state index in [-0.39, 0.29) is 0 Å². The number of hydrogen-bond donors (Lipinski definition) is 3. The molecule has 0 bridgehead atoms. The summed E-state index contributed by atoms with van der Waals surface area (Å²) in [7, 11) is 1.16. The lowest BCUT2D eigenvalue weighted by molar-refractivity contribution is -0.192. The van der Waals surface area contributed by atoms with Crippen LogP contribution in [0.15, 0.2) is 0 Å². The van der Waals surface area contributed by atoms with Gasteiger partial charge in [0.05, 0.1) is 13.7 Å². The molecule has 1 heterocycles. The van der Waals surface area contributed by atoms with E-state index >= 15 is 0 Å². The van der Waals surface area contributed by atoms with Crippen molar-refractivity contribution in [2.75, 3.05) is 13.7 Å². The minimum Gasteiger partial charge on any atom is -0.475 e. The number of carboxylic acids is 1. The summed E-state index contributed by atoms with van der Waals surface area (Å²) in [5.74, 6) is -6.28. The molecule has 1 aliphatic heterocycles. The molecule has 0 radical (unpaired) electrons. The van der Waals surface area contributed by atoms with Crippen LogP contribution in [-0.2, 0) is 14.3 Å². The number of ether oxygens (including phenoxy) is 1. The number of rotatable bonds is 1. The quantitative estimate of drug-likeness (QED) is 0.476. The summed E-state index contributed by atoms with van der Waals surface area (Å²) in [5, 5.41) is 7.12. The van der Waals surface area contributed by atoms with Gasteiger partial charge in [0.15, 0.2) is 0 Å². The summed E-state index contributed by atoms with van der Waals surface area (Å²) in [4.78, 5) is 19.7. The van der Waals surface area contributed by atoms with Gasteiger partial charge in [0.1, 0.15) is 6.04 Å². The minimum absolute atomic E-state index is 0.458. The number of halogens is 5. The second-order valence-electron chi connectivity index (χ2n) is 3.44. The number of hydrazine groups is 1. The van der Waals surface area contributed by atoms with Gasteiger partial charge in [-0.15, -0.1) is 0 Å². The Kier molecular flexibility index (Phi) is 6.09. The Bertz CT molecular complexity index is 334. The molecule has 1 atom stereocenters. The first-order valence-electron chi connectivity index (χ1n) is 4.74. The minimum atomic E-state index is -5.08. The van der Waals surface area contributed by atoms with Gasteiger partial charge in [-0.3, -0.25) is 10.2 Å². The fraction of sp³-hybridized carbons (Fsp3) is 0.750. The molecule has 0 aliphatic carbocycles. The highest BCUT2D eigenvalue weighted by atomic mass is 19.4. The van der Waals surface area contributed by atoms with Crippen molar-refractivity contribution in [2.45, 2.75) is 24.6 Å². The van der Waals surface area contributed by atoms with Gasteiger partial charge in [-0.1, -0.05) is 0 Å². The summed E-state index contributed by atoms with van der Waals surface area (Å²) < 4.78 is 61.3. The number of aliphatic carboxylic acids is 1. The summed E-state index contributed by atoms with van der Waals surface area (Å²) in [6, 6.07) is -0.959. The number of carbonyl (C=O) groups excluding carboxylic acids is 1. The van der Waals surface area contributed by atoms with Crippen molar-refractivity contribution in [1.29, 1.82) is 0 Å². The van der Waals surface area contributed by atoms with Gasteiger partial charge in [-0.05, 0) is 0 Å². The Morgan fingerprint density at radius 2 is 1.84 bits per heavy atom. The SMILES string of the molecule is COC(=O)C1CC(F)(F)CNN1.O=C(O)C(F)(F)F. The lowest BCUT2D eigenvalue weighted by Crippen LogP contribution is -2.57. The van der Waals surface area contributed by atoms with Crippen LogP contribution < -0.4 is 10.9 Å². The number of carboxylic acid groups (broad SMARTS) is 1. The highest BCUT2D eigenvalue weighted by Gasteiger charge is 2.39. The van der Waals surface area contributed by atoms with Crippen molar-refractivity contribution in [3.05, 3.63) is 0 Å². The zero-order chi connectivity index (χ0) is 15.3. The molecular weight excluding hydrogens is 283 g/mol. The predicted octanol–water partition coefficient (Wildman–Crippen LogP) is 0.294. The fourth-order valence-corrected chi connectivity index (χ4v) is 1.01. The van der Waals surface area contributed by atoms with Gasteiger partial charge in [0, 0.05) is 6.42 Å². The molecule has 0 spiro atoms. The van der Waals surface area contributed by atoms with E-state index in [0.717, 1.165) is 7.11 Å². The fourth-order valence-electron chi connectivity index (χ4n) is 1.01. The first-order valence-corrected chi connectivity index (χ1v) is 4.74. The van der Waals surface area contributed by atoms with E-state index in [2.05, 4.69) is 15.6 Å². The van der Waals surface area contributed by atoms with Crippen LogP contribution in [0.5, 0.6) is 0 Å². The monoisotopic (exact) mass is 294 g/mol. The van der Waals surface area contributed by atoms with Crippen LogP contribution >= 0.6 is 0 Å². The van der Waals surface area contributed by atoms with Crippen LogP contribution in [0.1, 0.15) is 6.42 Å². The first-order chi connectivity index (χ1) is 8.49. The largest absolute Gasteiger partial charge is 0.490 e. The smallest absolute Gasteiger partial charge is 0.475 e. The summed E-state index contributed by atoms with van der Waals surface area (Å²) in [6.45, 7) is -0.458. The third-order valence-corrected chi connectivity index (χ3v) is 1.85. The molecule has 0 amide bonds. The van der Waals surface area contributed by atoms with Crippen LogP contribution in [0.25, 0.3) is 0 Å². The molecule has 1 unspecified atom stereocenters. The summed E-state index contributed by atoms with van der Waals surface area (Å²) >= 11 is 0. The van der Waals surface area contributed by atoms with Crippen LogP contribution in [0.2, 0.25) is 0 Å².